The van der Waals surface area contributed by atoms with Crippen LogP contribution in [0.25, 0.3) is 21.7 Å². The summed E-state index contributed by atoms with van der Waals surface area (Å²) in [6.45, 7) is 9.32. The largest absolute Gasteiger partial charge is 0.392 e. The maximum atomic E-state index is 7.34. The van der Waals surface area contributed by atoms with Crippen molar-refractivity contribution in [3.63, 3.8) is 0 Å². The van der Waals surface area contributed by atoms with Crippen molar-refractivity contribution in [1.29, 1.82) is 0 Å². The minimum Gasteiger partial charge on any atom is -0.392 e. The molecule has 0 unspecified atom stereocenters. The van der Waals surface area contributed by atoms with Gasteiger partial charge >= 0.3 is 0 Å². The van der Waals surface area contributed by atoms with Crippen LogP contribution in [0.3, 0.4) is 0 Å². The fraction of sp³-hybridized carbons (Fsp3) is 0.105. The van der Waals surface area contributed by atoms with Crippen molar-refractivity contribution < 1.29 is 0 Å². The second-order valence-corrected chi connectivity index (χ2v) is 5.98. The van der Waals surface area contributed by atoms with Crippen LogP contribution >= 0.6 is 0 Å². The molecule has 132 valence electrons. The highest BCUT2D eigenvalue weighted by molar-refractivity contribution is 5.76. The summed E-state index contributed by atoms with van der Waals surface area (Å²) >= 11 is 0. The molecule has 0 saturated carbocycles. The third-order valence-electron chi connectivity index (χ3n) is 4.24. The Kier molecular flexibility index (Phi) is 4.10. The van der Waals surface area contributed by atoms with E-state index in [2.05, 4.69) is 25.1 Å². The third-order valence-corrected chi connectivity index (χ3v) is 4.24. The second-order valence-electron chi connectivity index (χ2n) is 5.98. The van der Waals surface area contributed by atoms with Crippen molar-refractivity contribution >= 4 is 23.0 Å². The third kappa shape index (κ3) is 3.02. The summed E-state index contributed by atoms with van der Waals surface area (Å²) in [4.78, 5) is 15.8. The SMILES string of the molecule is [C-]#[N+]c1c(N)ncnc1N[C@@H](C)c1cc2nccn2nc1-c1ccccc1. The number of hydrogen-bond donors (Lipinski definition) is 2. The van der Waals surface area contributed by atoms with Gasteiger partial charge in [-0.15, -0.1) is 0 Å². The van der Waals surface area contributed by atoms with Crippen LogP contribution in [0, 0.1) is 6.57 Å². The maximum Gasteiger partial charge on any atom is 0.268 e. The minimum absolute atomic E-state index is 0.153. The summed E-state index contributed by atoms with van der Waals surface area (Å²) in [5.41, 5.74) is 9.50. The number of nitrogen functional groups attached to an aromatic ring is 1. The molecule has 0 aliphatic heterocycles. The van der Waals surface area contributed by atoms with Gasteiger partial charge in [-0.25, -0.2) is 24.3 Å². The zero-order valence-corrected chi connectivity index (χ0v) is 14.5. The summed E-state index contributed by atoms with van der Waals surface area (Å²) in [7, 11) is 0. The molecule has 0 fully saturated rings. The highest BCUT2D eigenvalue weighted by atomic mass is 15.2. The molecular formula is C19H16N8. The van der Waals surface area contributed by atoms with Gasteiger partial charge in [0, 0.05) is 23.5 Å². The van der Waals surface area contributed by atoms with E-state index in [1.54, 1.807) is 10.7 Å². The number of aromatic nitrogens is 5. The highest BCUT2D eigenvalue weighted by Crippen LogP contribution is 2.33. The number of hydrogen-bond acceptors (Lipinski definition) is 6. The predicted octanol–water partition coefficient (Wildman–Crippen LogP) is 3.49. The highest BCUT2D eigenvalue weighted by Gasteiger charge is 2.18. The molecule has 4 aromatic rings. The molecule has 1 atom stereocenters. The summed E-state index contributed by atoms with van der Waals surface area (Å²) in [6, 6.07) is 11.7. The van der Waals surface area contributed by atoms with Crippen LogP contribution in [0.5, 0.6) is 0 Å². The first kappa shape index (κ1) is 16.5. The van der Waals surface area contributed by atoms with Gasteiger partial charge in [0.1, 0.15) is 18.0 Å². The lowest BCUT2D eigenvalue weighted by atomic mass is 10.0. The molecule has 27 heavy (non-hydrogen) atoms. The van der Waals surface area contributed by atoms with Gasteiger partial charge in [0.2, 0.25) is 0 Å². The Morgan fingerprint density at radius 3 is 2.78 bits per heavy atom. The summed E-state index contributed by atoms with van der Waals surface area (Å²) in [5.74, 6) is 0.548. The lowest BCUT2D eigenvalue weighted by molar-refractivity contribution is 0.841. The second kappa shape index (κ2) is 6.72. The van der Waals surface area contributed by atoms with Gasteiger partial charge in [0.15, 0.2) is 5.65 Å². The van der Waals surface area contributed by atoms with Crippen molar-refractivity contribution in [2.24, 2.45) is 0 Å². The molecule has 4 rings (SSSR count). The smallest absolute Gasteiger partial charge is 0.268 e. The van der Waals surface area contributed by atoms with Crippen molar-refractivity contribution in [1.82, 2.24) is 24.6 Å². The first-order valence-corrected chi connectivity index (χ1v) is 8.31. The number of nitrogens with one attached hydrogen (secondary N) is 1. The lowest BCUT2D eigenvalue weighted by Gasteiger charge is -2.19. The zero-order chi connectivity index (χ0) is 18.8. The number of fused-ring (bicyclic) bond motifs is 1. The quantitative estimate of drug-likeness (QED) is 0.543. The molecule has 0 saturated heterocycles. The normalized spacial score (nSPS) is 11.9. The van der Waals surface area contributed by atoms with E-state index in [-0.39, 0.29) is 17.5 Å². The zero-order valence-electron chi connectivity index (χ0n) is 14.5. The number of benzene rings is 1. The molecule has 0 radical (unpaired) electrons. The molecule has 8 heteroatoms. The van der Waals surface area contributed by atoms with Crippen molar-refractivity contribution in [3.05, 3.63) is 72.1 Å². The standard InChI is InChI=1S/C19H16N8/c1-12(25-19-17(21-2)18(20)23-11-24-19)14-10-15-22-8-9-27(15)26-16(14)13-6-4-3-5-7-13/h3-12H,1H3,(H3,20,23,24,25)/t12-/m0/s1. The Hall–Kier alpha value is -3.99. The van der Waals surface area contributed by atoms with Gasteiger partial charge in [-0.05, 0) is 13.0 Å². The van der Waals surface area contributed by atoms with Crippen LogP contribution in [0.1, 0.15) is 18.5 Å². The van der Waals surface area contributed by atoms with E-state index in [9.17, 15) is 0 Å². The average molecular weight is 356 g/mol. The van der Waals surface area contributed by atoms with Crippen molar-refractivity contribution in [2.45, 2.75) is 13.0 Å². The molecule has 0 spiro atoms. The Bertz CT molecular complexity index is 1140. The number of imidazole rings is 1. The van der Waals surface area contributed by atoms with Crippen LogP contribution in [0.2, 0.25) is 0 Å². The first-order chi connectivity index (χ1) is 13.2. The first-order valence-electron chi connectivity index (χ1n) is 8.31. The molecular weight excluding hydrogens is 340 g/mol. The van der Waals surface area contributed by atoms with Crippen LogP contribution < -0.4 is 11.1 Å². The fourth-order valence-corrected chi connectivity index (χ4v) is 2.91. The molecule has 3 N–H and O–H groups in total. The predicted molar refractivity (Wildman–Crippen MR) is 103 cm³/mol. The molecule has 0 amide bonds. The van der Waals surface area contributed by atoms with Crippen molar-refractivity contribution in [2.75, 3.05) is 11.1 Å². The monoisotopic (exact) mass is 356 g/mol. The molecule has 0 bridgehead atoms. The van der Waals surface area contributed by atoms with E-state index in [0.29, 0.717) is 5.82 Å². The van der Waals surface area contributed by atoms with Crippen LogP contribution in [0.4, 0.5) is 17.3 Å². The molecule has 0 aliphatic carbocycles. The molecule has 3 aromatic heterocycles. The Balaban J connectivity index is 1.81. The molecule has 1 aromatic carbocycles. The van der Waals surface area contributed by atoms with Gasteiger partial charge in [-0.2, -0.15) is 5.10 Å². The number of anilines is 2. The molecule has 3 heterocycles. The Morgan fingerprint density at radius 2 is 2.00 bits per heavy atom. The summed E-state index contributed by atoms with van der Waals surface area (Å²) in [5, 5.41) is 7.99. The maximum absolute atomic E-state index is 7.34. The topological polar surface area (TPSA) is 98.4 Å². The van der Waals surface area contributed by atoms with Crippen molar-refractivity contribution in [3.8, 4) is 11.3 Å². The van der Waals surface area contributed by atoms with Gasteiger partial charge in [0.05, 0.1) is 18.3 Å². The van der Waals surface area contributed by atoms with E-state index in [1.165, 1.54) is 6.33 Å². The number of rotatable bonds is 4. The fourth-order valence-electron chi connectivity index (χ4n) is 2.91. The van der Waals surface area contributed by atoms with E-state index in [0.717, 1.165) is 22.5 Å². The van der Waals surface area contributed by atoms with E-state index in [1.807, 2.05) is 49.5 Å². The Labute approximate surface area is 155 Å². The average Bonchev–Trinajstić information content (AvgIpc) is 3.15. The minimum atomic E-state index is -0.191. The van der Waals surface area contributed by atoms with E-state index >= 15 is 0 Å². The van der Waals surface area contributed by atoms with Crippen LogP contribution in [-0.4, -0.2) is 24.6 Å². The number of nitrogens with zero attached hydrogens (tertiary/aromatic N) is 6. The Morgan fingerprint density at radius 1 is 1.19 bits per heavy atom. The number of nitrogens with two attached hydrogens (primary N) is 1. The molecule has 0 aliphatic rings. The summed E-state index contributed by atoms with van der Waals surface area (Å²) < 4.78 is 1.74. The van der Waals surface area contributed by atoms with Gasteiger partial charge in [-0.1, -0.05) is 30.3 Å². The van der Waals surface area contributed by atoms with Crippen LogP contribution in [-0.2, 0) is 0 Å². The van der Waals surface area contributed by atoms with Gasteiger partial charge in [-0.3, -0.25) is 0 Å². The van der Waals surface area contributed by atoms with E-state index < -0.39 is 0 Å². The lowest BCUT2D eigenvalue weighted by Crippen LogP contribution is -2.12. The van der Waals surface area contributed by atoms with Gasteiger partial charge < -0.3 is 11.1 Å². The molecule has 8 nitrogen and oxygen atoms in total. The van der Waals surface area contributed by atoms with E-state index in [4.69, 9.17) is 17.4 Å². The van der Waals surface area contributed by atoms with Crippen LogP contribution in [0.15, 0.2) is 55.1 Å². The summed E-state index contributed by atoms with van der Waals surface area (Å²) in [6.07, 6.45) is 4.86. The van der Waals surface area contributed by atoms with Gasteiger partial charge in [0.25, 0.3) is 5.69 Å².